The standard InChI is InChI=1S/C18H33N3O2S/c19-16(15-4-10-23-11-5-15)17(22)20-14-18(6-2-1-3-7-18)21-8-12-24-13-9-21/h15-16H,1-14,19H2,(H,20,22). The van der Waals surface area contributed by atoms with Gasteiger partial charge in [0.2, 0.25) is 5.91 Å². The highest BCUT2D eigenvalue weighted by Gasteiger charge is 2.39. The lowest BCUT2D eigenvalue weighted by atomic mass is 9.79. The van der Waals surface area contributed by atoms with Crippen molar-refractivity contribution in [3.05, 3.63) is 0 Å². The highest BCUT2D eigenvalue weighted by atomic mass is 32.2. The second-order valence-corrected chi connectivity index (χ2v) is 8.80. The lowest BCUT2D eigenvalue weighted by Gasteiger charge is -2.48. The van der Waals surface area contributed by atoms with Gasteiger partial charge in [0.25, 0.3) is 0 Å². The highest BCUT2D eigenvalue weighted by molar-refractivity contribution is 7.99. The monoisotopic (exact) mass is 355 g/mol. The molecule has 1 atom stereocenters. The van der Waals surface area contributed by atoms with Gasteiger partial charge in [-0.3, -0.25) is 9.69 Å². The summed E-state index contributed by atoms with van der Waals surface area (Å²) in [5, 5.41) is 3.23. The number of amides is 1. The van der Waals surface area contributed by atoms with Gasteiger partial charge < -0.3 is 15.8 Å². The van der Waals surface area contributed by atoms with Crippen LogP contribution in [0.4, 0.5) is 0 Å². The molecule has 2 aliphatic heterocycles. The third kappa shape index (κ3) is 4.45. The van der Waals surface area contributed by atoms with E-state index in [2.05, 4.69) is 10.2 Å². The number of ether oxygens (including phenoxy) is 1. The second kappa shape index (κ2) is 8.88. The smallest absolute Gasteiger partial charge is 0.237 e. The molecule has 0 bridgehead atoms. The summed E-state index contributed by atoms with van der Waals surface area (Å²) >= 11 is 2.05. The molecule has 1 unspecified atom stereocenters. The molecule has 5 nitrogen and oxygen atoms in total. The third-order valence-electron chi connectivity index (χ3n) is 6.13. The maximum absolute atomic E-state index is 12.6. The van der Waals surface area contributed by atoms with Crippen LogP contribution in [0.5, 0.6) is 0 Å². The number of rotatable bonds is 5. The van der Waals surface area contributed by atoms with Gasteiger partial charge >= 0.3 is 0 Å². The fourth-order valence-corrected chi connectivity index (χ4v) is 5.41. The van der Waals surface area contributed by atoms with E-state index in [0.717, 1.165) is 45.7 Å². The normalized spacial score (nSPS) is 27.5. The minimum absolute atomic E-state index is 0.0400. The number of hydrogen-bond donors (Lipinski definition) is 2. The van der Waals surface area contributed by atoms with Crippen LogP contribution in [0.1, 0.15) is 44.9 Å². The van der Waals surface area contributed by atoms with Crippen molar-refractivity contribution >= 4 is 17.7 Å². The number of carbonyl (C=O) groups excluding carboxylic acids is 1. The maximum Gasteiger partial charge on any atom is 0.237 e. The molecule has 1 aliphatic carbocycles. The molecule has 3 aliphatic rings. The minimum atomic E-state index is -0.383. The molecule has 3 fully saturated rings. The first-order valence-corrected chi connectivity index (χ1v) is 10.8. The van der Waals surface area contributed by atoms with Gasteiger partial charge in [0, 0.05) is 49.9 Å². The Kier molecular flexibility index (Phi) is 6.84. The van der Waals surface area contributed by atoms with Gasteiger partial charge in [-0.05, 0) is 31.6 Å². The summed E-state index contributed by atoms with van der Waals surface area (Å²) in [6.07, 6.45) is 8.14. The zero-order valence-corrected chi connectivity index (χ0v) is 15.6. The van der Waals surface area contributed by atoms with E-state index in [1.54, 1.807) is 0 Å². The number of nitrogens with two attached hydrogens (primary N) is 1. The van der Waals surface area contributed by atoms with E-state index in [9.17, 15) is 4.79 Å². The Bertz CT molecular complexity index is 403. The summed E-state index contributed by atoms with van der Waals surface area (Å²) in [5.74, 6) is 2.75. The van der Waals surface area contributed by atoms with E-state index in [1.807, 2.05) is 11.8 Å². The number of nitrogens with zero attached hydrogens (tertiary/aromatic N) is 1. The third-order valence-corrected chi connectivity index (χ3v) is 7.08. The molecule has 3 rings (SSSR count). The summed E-state index contributed by atoms with van der Waals surface area (Å²) in [6, 6.07) is -0.383. The first-order valence-electron chi connectivity index (χ1n) is 9.65. The van der Waals surface area contributed by atoms with Crippen LogP contribution in [-0.4, -0.2) is 66.7 Å². The van der Waals surface area contributed by atoms with Crippen molar-refractivity contribution in [2.75, 3.05) is 44.4 Å². The van der Waals surface area contributed by atoms with E-state index in [1.165, 1.54) is 43.6 Å². The van der Waals surface area contributed by atoms with Gasteiger partial charge in [0.1, 0.15) is 0 Å². The molecule has 2 saturated heterocycles. The molecule has 24 heavy (non-hydrogen) atoms. The van der Waals surface area contributed by atoms with Crippen molar-refractivity contribution < 1.29 is 9.53 Å². The van der Waals surface area contributed by atoms with Crippen LogP contribution in [0.2, 0.25) is 0 Å². The Balaban J connectivity index is 1.57. The highest BCUT2D eigenvalue weighted by Crippen LogP contribution is 2.35. The second-order valence-electron chi connectivity index (χ2n) is 7.58. The van der Waals surface area contributed by atoms with Crippen LogP contribution in [0, 0.1) is 5.92 Å². The average Bonchev–Trinajstić information content (AvgIpc) is 2.67. The zero-order valence-electron chi connectivity index (χ0n) is 14.8. The predicted molar refractivity (Wildman–Crippen MR) is 99.2 cm³/mol. The van der Waals surface area contributed by atoms with Crippen LogP contribution in [0.3, 0.4) is 0 Å². The van der Waals surface area contributed by atoms with Gasteiger partial charge in [0.15, 0.2) is 0 Å². The topological polar surface area (TPSA) is 67.6 Å². The van der Waals surface area contributed by atoms with Crippen molar-refractivity contribution in [1.82, 2.24) is 10.2 Å². The van der Waals surface area contributed by atoms with Crippen LogP contribution in [-0.2, 0) is 9.53 Å². The molecule has 1 saturated carbocycles. The Labute approximate surface area is 150 Å². The van der Waals surface area contributed by atoms with E-state index < -0.39 is 0 Å². The molecule has 1 amide bonds. The van der Waals surface area contributed by atoms with Gasteiger partial charge in [-0.2, -0.15) is 11.8 Å². The van der Waals surface area contributed by atoms with Gasteiger partial charge in [-0.15, -0.1) is 0 Å². The van der Waals surface area contributed by atoms with E-state index in [0.29, 0.717) is 0 Å². The predicted octanol–water partition coefficient (Wildman–Crippen LogP) is 1.61. The number of nitrogens with one attached hydrogen (secondary N) is 1. The van der Waals surface area contributed by atoms with Crippen LogP contribution < -0.4 is 11.1 Å². The van der Waals surface area contributed by atoms with Crippen molar-refractivity contribution in [3.63, 3.8) is 0 Å². The van der Waals surface area contributed by atoms with E-state index >= 15 is 0 Å². The molecule has 6 heteroatoms. The zero-order chi connectivity index (χ0) is 16.8. The Morgan fingerprint density at radius 1 is 1.21 bits per heavy atom. The van der Waals surface area contributed by atoms with Crippen molar-refractivity contribution in [2.24, 2.45) is 11.7 Å². The molecule has 0 aromatic carbocycles. The van der Waals surface area contributed by atoms with Crippen molar-refractivity contribution in [3.8, 4) is 0 Å². The number of carbonyl (C=O) groups is 1. The first kappa shape index (κ1) is 18.5. The Morgan fingerprint density at radius 3 is 2.54 bits per heavy atom. The van der Waals surface area contributed by atoms with Crippen LogP contribution >= 0.6 is 11.8 Å². The van der Waals surface area contributed by atoms with Crippen molar-refractivity contribution in [2.45, 2.75) is 56.5 Å². The van der Waals surface area contributed by atoms with E-state index in [-0.39, 0.29) is 23.4 Å². The maximum atomic E-state index is 12.6. The quantitative estimate of drug-likeness (QED) is 0.784. The summed E-state index contributed by atoms with van der Waals surface area (Å²) < 4.78 is 5.38. The molecular formula is C18H33N3O2S. The van der Waals surface area contributed by atoms with Gasteiger partial charge in [-0.1, -0.05) is 19.3 Å². The van der Waals surface area contributed by atoms with Crippen LogP contribution in [0.25, 0.3) is 0 Å². The number of thioether (sulfide) groups is 1. The van der Waals surface area contributed by atoms with Crippen molar-refractivity contribution in [1.29, 1.82) is 0 Å². The molecule has 0 aromatic heterocycles. The summed E-state index contributed by atoms with van der Waals surface area (Å²) in [4.78, 5) is 15.3. The first-order chi connectivity index (χ1) is 11.7. The SMILES string of the molecule is NC(C(=O)NCC1(N2CCSCC2)CCCCC1)C1CCOCC1. The summed E-state index contributed by atoms with van der Waals surface area (Å²) in [6.45, 7) is 4.56. The fourth-order valence-electron chi connectivity index (χ4n) is 4.51. The number of hydrogen-bond acceptors (Lipinski definition) is 5. The molecule has 3 N–H and O–H groups in total. The largest absolute Gasteiger partial charge is 0.381 e. The van der Waals surface area contributed by atoms with E-state index in [4.69, 9.17) is 10.5 Å². The van der Waals surface area contributed by atoms with Gasteiger partial charge in [-0.25, -0.2) is 0 Å². The van der Waals surface area contributed by atoms with Crippen LogP contribution in [0.15, 0.2) is 0 Å². The summed E-state index contributed by atoms with van der Waals surface area (Å²) in [5.41, 5.74) is 6.42. The molecule has 0 radical (unpaired) electrons. The molecule has 0 aromatic rings. The summed E-state index contributed by atoms with van der Waals surface area (Å²) in [7, 11) is 0. The molecular weight excluding hydrogens is 322 g/mol. The lowest BCUT2D eigenvalue weighted by Crippen LogP contribution is -2.60. The molecule has 0 spiro atoms. The fraction of sp³-hybridized carbons (Fsp3) is 0.944. The Hall–Kier alpha value is -0.300. The van der Waals surface area contributed by atoms with Gasteiger partial charge in [0.05, 0.1) is 6.04 Å². The Morgan fingerprint density at radius 2 is 1.88 bits per heavy atom. The lowest BCUT2D eigenvalue weighted by molar-refractivity contribution is -0.125. The average molecular weight is 356 g/mol. The minimum Gasteiger partial charge on any atom is -0.381 e. The molecule has 2 heterocycles. The molecule has 138 valence electrons.